The zero-order valence-corrected chi connectivity index (χ0v) is 13.7. The van der Waals surface area contributed by atoms with Gasteiger partial charge in [-0.3, -0.25) is 14.9 Å². The summed E-state index contributed by atoms with van der Waals surface area (Å²) in [5, 5.41) is 14.8. The summed E-state index contributed by atoms with van der Waals surface area (Å²) in [5.74, 6) is -0.303. The van der Waals surface area contributed by atoms with E-state index in [1.807, 2.05) is 6.07 Å². The van der Waals surface area contributed by atoms with Crippen molar-refractivity contribution in [1.29, 1.82) is 0 Å². The molecule has 8 heteroatoms. The number of nitro benzene ring substituents is 1. The molecular weight excluding hydrogens is 326 g/mol. The first kappa shape index (κ1) is 18.1. The minimum atomic E-state index is -0.802. The number of nitro groups is 1. The minimum absolute atomic E-state index is 0.148. The van der Waals surface area contributed by atoms with E-state index in [-0.39, 0.29) is 11.4 Å². The maximum Gasteiger partial charge on any atom is 0.311 e. The van der Waals surface area contributed by atoms with Gasteiger partial charge in [0.05, 0.1) is 18.2 Å². The molecule has 2 aromatic rings. The predicted molar refractivity (Wildman–Crippen MR) is 91.6 cm³/mol. The van der Waals surface area contributed by atoms with Gasteiger partial charge in [0.2, 0.25) is 0 Å². The Morgan fingerprint density at radius 3 is 2.56 bits per heavy atom. The Labute approximate surface area is 144 Å². The number of amides is 1. The highest BCUT2D eigenvalue weighted by Crippen LogP contribution is 2.26. The summed E-state index contributed by atoms with van der Waals surface area (Å²) in [7, 11) is 2.78. The lowest BCUT2D eigenvalue weighted by Crippen LogP contribution is -2.26. The van der Waals surface area contributed by atoms with Crippen LogP contribution >= 0.6 is 0 Å². The summed E-state index contributed by atoms with van der Waals surface area (Å²) < 4.78 is 10.1. The van der Waals surface area contributed by atoms with Gasteiger partial charge in [-0.25, -0.2) is 5.43 Å². The molecule has 0 unspecified atom stereocenters. The third kappa shape index (κ3) is 4.61. The Morgan fingerprint density at radius 1 is 1.24 bits per heavy atom. The highest BCUT2D eigenvalue weighted by molar-refractivity contribution is 5.85. The zero-order valence-electron chi connectivity index (χ0n) is 13.7. The molecule has 0 radical (unpaired) electrons. The van der Waals surface area contributed by atoms with Gasteiger partial charge in [0.15, 0.2) is 11.9 Å². The number of carbonyl (C=O) groups is 1. The maximum atomic E-state index is 12.2. The summed E-state index contributed by atoms with van der Waals surface area (Å²) >= 11 is 0. The largest absolute Gasteiger partial charge is 0.490 e. The van der Waals surface area contributed by atoms with E-state index in [1.165, 1.54) is 32.6 Å². The van der Waals surface area contributed by atoms with Crippen molar-refractivity contribution < 1.29 is 19.2 Å². The molecule has 1 atom stereocenters. The van der Waals surface area contributed by atoms with E-state index in [4.69, 9.17) is 9.47 Å². The second-order valence-corrected chi connectivity index (χ2v) is 4.95. The third-order valence-electron chi connectivity index (χ3n) is 3.36. The van der Waals surface area contributed by atoms with E-state index >= 15 is 0 Å². The summed E-state index contributed by atoms with van der Waals surface area (Å²) in [6, 6.07) is 13.3. The number of nitrogens with zero attached hydrogens (tertiary/aromatic N) is 2. The van der Waals surface area contributed by atoms with Gasteiger partial charge in [-0.2, -0.15) is 5.10 Å². The van der Waals surface area contributed by atoms with E-state index in [1.54, 1.807) is 30.3 Å². The topological polar surface area (TPSA) is 103 Å². The van der Waals surface area contributed by atoms with Crippen LogP contribution in [0.3, 0.4) is 0 Å². The number of carbonyl (C=O) groups excluding carboxylic acids is 1. The molecule has 0 saturated carbocycles. The van der Waals surface area contributed by atoms with Crippen molar-refractivity contribution >= 4 is 17.8 Å². The number of methoxy groups -OCH3 is 2. The van der Waals surface area contributed by atoms with Crippen LogP contribution in [0, 0.1) is 10.1 Å². The lowest BCUT2D eigenvalue weighted by atomic mass is 10.1. The molecule has 25 heavy (non-hydrogen) atoms. The monoisotopic (exact) mass is 343 g/mol. The predicted octanol–water partition coefficient (Wildman–Crippen LogP) is 2.44. The van der Waals surface area contributed by atoms with Gasteiger partial charge >= 0.3 is 5.69 Å². The van der Waals surface area contributed by atoms with E-state index in [0.717, 1.165) is 0 Å². The molecule has 2 aromatic carbocycles. The highest BCUT2D eigenvalue weighted by atomic mass is 16.6. The fourth-order valence-electron chi connectivity index (χ4n) is 2.18. The average molecular weight is 343 g/mol. The molecule has 2 rings (SSSR count). The normalized spacial score (nSPS) is 11.9. The van der Waals surface area contributed by atoms with Crippen LogP contribution in [0.15, 0.2) is 53.6 Å². The summed E-state index contributed by atoms with van der Waals surface area (Å²) in [6.07, 6.45) is 0.505. The summed E-state index contributed by atoms with van der Waals surface area (Å²) in [4.78, 5) is 22.6. The number of nitrogens with one attached hydrogen (secondary N) is 1. The van der Waals surface area contributed by atoms with Crippen molar-refractivity contribution in [1.82, 2.24) is 5.43 Å². The average Bonchev–Trinajstić information content (AvgIpc) is 2.63. The first-order valence-corrected chi connectivity index (χ1v) is 7.30. The number of ether oxygens (including phenoxy) is 2. The van der Waals surface area contributed by atoms with Crippen LogP contribution in [0.1, 0.15) is 17.2 Å². The molecule has 0 saturated heterocycles. The third-order valence-corrected chi connectivity index (χ3v) is 3.36. The zero-order chi connectivity index (χ0) is 18.2. The van der Waals surface area contributed by atoms with Crippen molar-refractivity contribution in [3.63, 3.8) is 0 Å². The first-order valence-electron chi connectivity index (χ1n) is 7.30. The fourth-order valence-corrected chi connectivity index (χ4v) is 2.18. The molecule has 0 aliphatic rings. The summed E-state index contributed by atoms with van der Waals surface area (Å²) in [5.41, 5.74) is 3.32. The van der Waals surface area contributed by atoms with Crippen LogP contribution in [-0.2, 0) is 9.53 Å². The fraction of sp³-hybridized carbons (Fsp3) is 0.176. The SMILES string of the molecule is COc1ccc(/C=N\NC(=O)[C@@H](OC)c2ccccc2)cc1[N+](=O)[O-]. The van der Waals surface area contributed by atoms with Crippen molar-refractivity contribution in [3.05, 3.63) is 69.8 Å². The molecule has 1 amide bonds. The highest BCUT2D eigenvalue weighted by Gasteiger charge is 2.19. The van der Waals surface area contributed by atoms with Gasteiger partial charge in [-0.15, -0.1) is 0 Å². The van der Waals surface area contributed by atoms with Gasteiger partial charge in [0.25, 0.3) is 5.91 Å². The van der Waals surface area contributed by atoms with E-state index < -0.39 is 16.9 Å². The number of hydrazone groups is 1. The summed E-state index contributed by atoms with van der Waals surface area (Å²) in [6.45, 7) is 0. The Morgan fingerprint density at radius 2 is 1.96 bits per heavy atom. The molecule has 0 fully saturated rings. The van der Waals surface area contributed by atoms with Gasteiger partial charge in [-0.1, -0.05) is 30.3 Å². The van der Waals surface area contributed by atoms with Crippen LogP contribution in [0.5, 0.6) is 5.75 Å². The van der Waals surface area contributed by atoms with Crippen LogP contribution in [0.4, 0.5) is 5.69 Å². The molecule has 0 heterocycles. The van der Waals surface area contributed by atoms with E-state index in [0.29, 0.717) is 11.1 Å². The molecule has 1 N–H and O–H groups in total. The Bertz CT molecular complexity index is 777. The number of hydrogen-bond donors (Lipinski definition) is 1. The van der Waals surface area contributed by atoms with Crippen LogP contribution in [0.2, 0.25) is 0 Å². The van der Waals surface area contributed by atoms with Gasteiger partial charge < -0.3 is 9.47 Å². The van der Waals surface area contributed by atoms with Crippen LogP contribution in [-0.4, -0.2) is 31.3 Å². The molecule has 0 aliphatic heterocycles. The van der Waals surface area contributed by atoms with Crippen LogP contribution < -0.4 is 10.2 Å². The Hall–Kier alpha value is -3.26. The van der Waals surface area contributed by atoms with E-state index in [2.05, 4.69) is 10.5 Å². The lowest BCUT2D eigenvalue weighted by Gasteiger charge is -2.13. The second kappa shape index (κ2) is 8.55. The smallest absolute Gasteiger partial charge is 0.311 e. The molecular formula is C17H17N3O5. The number of benzene rings is 2. The van der Waals surface area contributed by atoms with Crippen molar-refractivity contribution in [3.8, 4) is 5.75 Å². The lowest BCUT2D eigenvalue weighted by molar-refractivity contribution is -0.385. The van der Waals surface area contributed by atoms with Gasteiger partial charge in [-0.05, 0) is 17.7 Å². The van der Waals surface area contributed by atoms with Crippen molar-refractivity contribution in [2.24, 2.45) is 5.10 Å². The standard InChI is InChI=1S/C17H17N3O5/c1-24-15-9-8-12(10-14(15)20(22)23)11-18-19-17(21)16(25-2)13-6-4-3-5-7-13/h3-11,16H,1-2H3,(H,19,21)/b18-11-/t16-/m0/s1. The maximum absolute atomic E-state index is 12.2. The van der Waals surface area contributed by atoms with Crippen LogP contribution in [0.25, 0.3) is 0 Å². The Balaban J connectivity index is 2.08. The molecule has 8 nitrogen and oxygen atoms in total. The quantitative estimate of drug-likeness (QED) is 0.472. The molecule has 0 bridgehead atoms. The second-order valence-electron chi connectivity index (χ2n) is 4.95. The minimum Gasteiger partial charge on any atom is -0.490 e. The number of hydrogen-bond acceptors (Lipinski definition) is 6. The first-order chi connectivity index (χ1) is 12.1. The van der Waals surface area contributed by atoms with Gasteiger partial charge in [0, 0.05) is 18.7 Å². The van der Waals surface area contributed by atoms with Crippen molar-refractivity contribution in [2.75, 3.05) is 14.2 Å². The van der Waals surface area contributed by atoms with Crippen molar-refractivity contribution in [2.45, 2.75) is 6.10 Å². The van der Waals surface area contributed by atoms with Gasteiger partial charge in [0.1, 0.15) is 0 Å². The molecule has 0 spiro atoms. The molecule has 0 aliphatic carbocycles. The molecule has 0 aromatic heterocycles. The Kier molecular flexibility index (Phi) is 6.19. The molecule has 130 valence electrons. The number of rotatable bonds is 7. The van der Waals surface area contributed by atoms with E-state index in [9.17, 15) is 14.9 Å².